The lowest BCUT2D eigenvalue weighted by molar-refractivity contribution is -0.133. The molecule has 0 aliphatic carbocycles. The van der Waals surface area contributed by atoms with Crippen molar-refractivity contribution in [3.8, 4) is 17.2 Å². The van der Waals surface area contributed by atoms with Crippen LogP contribution in [0.1, 0.15) is 28.5 Å². The van der Waals surface area contributed by atoms with Gasteiger partial charge >= 0.3 is 0 Å². The topological polar surface area (TPSA) is 82.0 Å². The first-order valence-electron chi connectivity index (χ1n) is 12.9. The minimum atomic E-state index is -1.12. The Morgan fingerprint density at radius 3 is 2.36 bits per heavy atom. The highest BCUT2D eigenvalue weighted by atomic mass is 16.5. The molecule has 4 aromatic rings. The van der Waals surface area contributed by atoms with E-state index in [-0.39, 0.29) is 11.8 Å². The van der Waals surface area contributed by atoms with E-state index in [1.54, 1.807) is 26.2 Å². The minimum absolute atomic E-state index is 0.186. The average molecular weight is 528 g/mol. The van der Waals surface area contributed by atoms with E-state index < -0.39 is 5.54 Å². The third-order valence-corrected chi connectivity index (χ3v) is 7.51. The van der Waals surface area contributed by atoms with Crippen molar-refractivity contribution in [2.45, 2.75) is 32.0 Å². The molecule has 0 radical (unpaired) electrons. The van der Waals surface area contributed by atoms with Gasteiger partial charge in [0.15, 0.2) is 11.5 Å². The Bertz CT molecular complexity index is 1510. The second-order valence-corrected chi connectivity index (χ2v) is 9.82. The first-order valence-corrected chi connectivity index (χ1v) is 12.9. The number of aromatic nitrogens is 1. The van der Waals surface area contributed by atoms with Crippen LogP contribution < -0.4 is 19.5 Å². The largest absolute Gasteiger partial charge is 0.493 e. The van der Waals surface area contributed by atoms with Gasteiger partial charge in [-0.1, -0.05) is 54.6 Å². The lowest BCUT2D eigenvalue weighted by atomic mass is 9.93. The average Bonchev–Trinajstić information content (AvgIpc) is 3.34. The van der Waals surface area contributed by atoms with Crippen molar-refractivity contribution in [2.24, 2.45) is 0 Å². The predicted octanol–water partition coefficient (Wildman–Crippen LogP) is 4.44. The molecule has 8 nitrogen and oxygen atoms in total. The number of nitrogens with zero attached hydrogens (tertiary/aromatic N) is 2. The molecule has 0 bridgehead atoms. The molecule has 0 saturated heterocycles. The summed E-state index contributed by atoms with van der Waals surface area (Å²) in [6, 6.07) is 23.2. The summed E-state index contributed by atoms with van der Waals surface area (Å²) < 4.78 is 18.6. The lowest BCUT2D eigenvalue weighted by Gasteiger charge is -2.44. The highest BCUT2D eigenvalue weighted by molar-refractivity contribution is 6.03. The molecule has 0 saturated carbocycles. The molecule has 1 N–H and O–H groups in total. The monoisotopic (exact) mass is 527 g/mol. The number of carbonyl (C=O) groups is 2. The van der Waals surface area contributed by atoms with Crippen molar-refractivity contribution in [3.05, 3.63) is 89.6 Å². The molecule has 1 atom stereocenters. The second kappa shape index (κ2) is 10.7. The molecular weight excluding hydrogens is 494 g/mol. The van der Waals surface area contributed by atoms with Crippen LogP contribution in [-0.2, 0) is 24.3 Å². The summed E-state index contributed by atoms with van der Waals surface area (Å²) in [6.45, 7) is 2.86. The summed E-state index contributed by atoms with van der Waals surface area (Å²) in [7, 11) is 4.71. The van der Waals surface area contributed by atoms with Crippen LogP contribution in [0.2, 0.25) is 0 Å². The second-order valence-electron chi connectivity index (χ2n) is 9.82. The zero-order chi connectivity index (χ0) is 27.6. The van der Waals surface area contributed by atoms with Crippen LogP contribution in [0.3, 0.4) is 0 Å². The lowest BCUT2D eigenvalue weighted by Crippen LogP contribution is -2.64. The molecule has 1 aliphatic heterocycles. The molecule has 5 rings (SSSR count). The molecule has 0 unspecified atom stereocenters. The molecule has 1 aliphatic rings. The third-order valence-electron chi connectivity index (χ3n) is 7.51. The normalized spacial score (nSPS) is 16.6. The van der Waals surface area contributed by atoms with Gasteiger partial charge in [-0.25, -0.2) is 0 Å². The van der Waals surface area contributed by atoms with E-state index in [0.29, 0.717) is 49.0 Å². The van der Waals surface area contributed by atoms with Crippen LogP contribution in [0.25, 0.3) is 10.9 Å². The Hall–Kier alpha value is -4.46. The highest BCUT2D eigenvalue weighted by Crippen LogP contribution is 2.40. The predicted molar refractivity (Wildman–Crippen MR) is 149 cm³/mol. The van der Waals surface area contributed by atoms with Crippen LogP contribution in [0.5, 0.6) is 17.2 Å². The van der Waals surface area contributed by atoms with Crippen molar-refractivity contribution < 1.29 is 23.8 Å². The van der Waals surface area contributed by atoms with Gasteiger partial charge in [-0.15, -0.1) is 0 Å². The Morgan fingerprint density at radius 2 is 1.64 bits per heavy atom. The number of hydrogen-bond acceptors (Lipinski definition) is 5. The zero-order valence-electron chi connectivity index (χ0n) is 22.7. The summed E-state index contributed by atoms with van der Waals surface area (Å²) in [4.78, 5) is 29.6. The van der Waals surface area contributed by atoms with Gasteiger partial charge in [0.05, 0.1) is 27.9 Å². The molecule has 8 heteroatoms. The van der Waals surface area contributed by atoms with Gasteiger partial charge in [0, 0.05) is 29.6 Å². The zero-order valence-corrected chi connectivity index (χ0v) is 22.7. The fraction of sp³-hybridized carbons (Fsp3) is 0.290. The molecule has 39 heavy (non-hydrogen) atoms. The highest BCUT2D eigenvalue weighted by Gasteiger charge is 2.47. The van der Waals surface area contributed by atoms with Crippen LogP contribution >= 0.6 is 0 Å². The molecule has 1 aromatic heterocycles. The summed E-state index contributed by atoms with van der Waals surface area (Å²) in [6.07, 6.45) is 0.455. The van der Waals surface area contributed by atoms with Crippen molar-refractivity contribution in [1.29, 1.82) is 0 Å². The summed E-state index contributed by atoms with van der Waals surface area (Å²) >= 11 is 0. The summed E-state index contributed by atoms with van der Waals surface area (Å²) in [5, 5.41) is 4.05. The van der Waals surface area contributed by atoms with Gasteiger partial charge in [0.1, 0.15) is 11.2 Å². The van der Waals surface area contributed by atoms with Gasteiger partial charge in [-0.2, -0.15) is 0 Å². The Morgan fingerprint density at radius 1 is 0.923 bits per heavy atom. The van der Waals surface area contributed by atoms with Crippen molar-refractivity contribution in [3.63, 3.8) is 0 Å². The van der Waals surface area contributed by atoms with E-state index in [2.05, 4.69) is 5.32 Å². The van der Waals surface area contributed by atoms with Gasteiger partial charge in [0.2, 0.25) is 11.7 Å². The first kappa shape index (κ1) is 26.2. The number of rotatable bonds is 9. The van der Waals surface area contributed by atoms with E-state index in [1.165, 1.54) is 0 Å². The smallest absolute Gasteiger partial charge is 0.271 e. The minimum Gasteiger partial charge on any atom is -0.493 e. The molecule has 0 spiro atoms. The number of hydrogen-bond donors (Lipinski definition) is 1. The van der Waals surface area contributed by atoms with Crippen molar-refractivity contribution in [1.82, 2.24) is 14.8 Å². The number of carbonyl (C=O) groups excluding carboxylic acids is 2. The maximum atomic E-state index is 14.0. The summed E-state index contributed by atoms with van der Waals surface area (Å²) in [5.74, 6) is 1.20. The quantitative estimate of drug-likeness (QED) is 0.348. The summed E-state index contributed by atoms with van der Waals surface area (Å²) in [5.41, 5.74) is 2.23. The fourth-order valence-corrected chi connectivity index (χ4v) is 5.42. The van der Waals surface area contributed by atoms with Crippen molar-refractivity contribution in [2.75, 3.05) is 27.9 Å². The standard InChI is InChI=1S/C31H33N3O5/c1-31(30(36)32-19-21-10-6-5-7-11-21)20-33-24-13-9-8-12-23(24)18-25(33)29(35)34(31)17-16-22-14-15-26(37-2)28(39-4)27(22)38-3/h5-15,18H,16-17,19-20H2,1-4H3,(H,32,36)/t31-/m1/s1. The van der Waals surface area contributed by atoms with Crippen LogP contribution in [0, 0.1) is 0 Å². The third kappa shape index (κ3) is 4.67. The number of benzene rings is 3. The Labute approximate surface area is 228 Å². The Kier molecular flexibility index (Phi) is 7.19. The number of ether oxygens (including phenoxy) is 3. The SMILES string of the molecule is COc1ccc(CCN2C(=O)c3cc4ccccc4n3C[C@]2(C)C(=O)NCc2ccccc2)c(OC)c1OC. The first-order chi connectivity index (χ1) is 18.9. The van der Waals surface area contributed by atoms with Crippen molar-refractivity contribution >= 4 is 22.7 Å². The number of nitrogens with one attached hydrogen (secondary N) is 1. The molecule has 2 heterocycles. The van der Waals surface area contributed by atoms with E-state index in [1.807, 2.05) is 84.3 Å². The fourth-order valence-electron chi connectivity index (χ4n) is 5.42. The van der Waals surface area contributed by atoms with Gasteiger partial charge < -0.3 is 29.0 Å². The molecule has 0 fully saturated rings. The van der Waals surface area contributed by atoms with Crippen LogP contribution in [0.15, 0.2) is 72.8 Å². The number of para-hydroxylation sites is 1. The van der Waals surface area contributed by atoms with Gasteiger partial charge in [-0.3, -0.25) is 9.59 Å². The molecular formula is C31H33N3O5. The maximum absolute atomic E-state index is 14.0. The van der Waals surface area contributed by atoms with Gasteiger partial charge in [0.25, 0.3) is 5.91 Å². The van der Waals surface area contributed by atoms with E-state index in [0.717, 1.165) is 22.0 Å². The molecule has 3 aromatic carbocycles. The Balaban J connectivity index is 1.50. The van der Waals surface area contributed by atoms with Crippen LogP contribution in [0.4, 0.5) is 0 Å². The van der Waals surface area contributed by atoms with E-state index in [4.69, 9.17) is 14.2 Å². The number of methoxy groups -OCH3 is 3. The van der Waals surface area contributed by atoms with Crippen LogP contribution in [-0.4, -0.2) is 54.7 Å². The maximum Gasteiger partial charge on any atom is 0.271 e. The molecule has 2 amide bonds. The number of fused-ring (bicyclic) bond motifs is 3. The van der Waals surface area contributed by atoms with E-state index in [9.17, 15) is 9.59 Å². The van der Waals surface area contributed by atoms with E-state index >= 15 is 0 Å². The number of amides is 2. The molecule has 202 valence electrons. The van der Waals surface area contributed by atoms with Gasteiger partial charge in [-0.05, 0) is 37.1 Å².